The van der Waals surface area contributed by atoms with E-state index in [0.29, 0.717) is 17.9 Å². The van der Waals surface area contributed by atoms with Gasteiger partial charge in [0.1, 0.15) is 5.82 Å². The van der Waals surface area contributed by atoms with Crippen LogP contribution in [0.4, 0.5) is 11.5 Å². The number of carbonyl (C=O) groups is 1. The maximum Gasteiger partial charge on any atom is 0.270 e. The number of aromatic nitrogens is 2. The van der Waals surface area contributed by atoms with E-state index in [-0.39, 0.29) is 11.6 Å². The molecule has 3 aromatic rings. The third-order valence-electron chi connectivity index (χ3n) is 3.36. The smallest absolute Gasteiger partial charge is 0.270 e. The first-order valence-corrected chi connectivity index (χ1v) is 8.27. The summed E-state index contributed by atoms with van der Waals surface area (Å²) in [5.41, 5.74) is 0.563. The number of thiophene rings is 1. The summed E-state index contributed by atoms with van der Waals surface area (Å²) in [5, 5.41) is 19.7. The predicted octanol–water partition coefficient (Wildman–Crippen LogP) is 3.55. The van der Waals surface area contributed by atoms with E-state index in [4.69, 9.17) is 0 Å². The SMILES string of the molecule is O=C(/C=C/c1cccc([N+](=O)[O-])c1)Nc1ccnn1Cc1cccs1. The summed E-state index contributed by atoms with van der Waals surface area (Å²) in [6.07, 6.45) is 4.48. The Morgan fingerprint density at radius 3 is 2.96 bits per heavy atom. The van der Waals surface area contributed by atoms with E-state index in [0.717, 1.165) is 4.88 Å². The molecule has 0 aliphatic rings. The molecule has 0 atom stereocenters. The van der Waals surface area contributed by atoms with Gasteiger partial charge in [-0.25, -0.2) is 4.68 Å². The van der Waals surface area contributed by atoms with Crippen molar-refractivity contribution in [2.75, 3.05) is 5.32 Å². The molecule has 2 aromatic heterocycles. The lowest BCUT2D eigenvalue weighted by molar-refractivity contribution is -0.384. The van der Waals surface area contributed by atoms with Gasteiger partial charge in [-0.2, -0.15) is 5.10 Å². The lowest BCUT2D eigenvalue weighted by atomic mass is 10.2. The number of rotatable bonds is 6. The van der Waals surface area contributed by atoms with Crippen molar-refractivity contribution in [2.45, 2.75) is 6.54 Å². The largest absolute Gasteiger partial charge is 0.307 e. The Hall–Kier alpha value is -3.26. The molecule has 0 aliphatic carbocycles. The van der Waals surface area contributed by atoms with Crippen LogP contribution in [0, 0.1) is 10.1 Å². The highest BCUT2D eigenvalue weighted by Crippen LogP contribution is 2.16. The normalized spacial score (nSPS) is 10.9. The Morgan fingerprint density at radius 2 is 2.20 bits per heavy atom. The third-order valence-corrected chi connectivity index (χ3v) is 4.22. The predicted molar refractivity (Wildman–Crippen MR) is 96.4 cm³/mol. The van der Waals surface area contributed by atoms with Crippen molar-refractivity contribution < 1.29 is 9.72 Å². The molecule has 0 unspecified atom stereocenters. The topological polar surface area (TPSA) is 90.1 Å². The third kappa shape index (κ3) is 4.39. The molecule has 0 radical (unpaired) electrons. The molecular formula is C17H14N4O3S. The first-order valence-electron chi connectivity index (χ1n) is 7.39. The fourth-order valence-electron chi connectivity index (χ4n) is 2.20. The Balaban J connectivity index is 1.66. The molecule has 0 aliphatic heterocycles. The monoisotopic (exact) mass is 354 g/mol. The lowest BCUT2D eigenvalue weighted by Gasteiger charge is -2.06. The van der Waals surface area contributed by atoms with Gasteiger partial charge < -0.3 is 5.32 Å². The highest BCUT2D eigenvalue weighted by Gasteiger charge is 2.07. The number of anilines is 1. The van der Waals surface area contributed by atoms with Crippen molar-refractivity contribution >= 4 is 34.8 Å². The number of carbonyl (C=O) groups excluding carboxylic acids is 1. The number of amides is 1. The molecular weight excluding hydrogens is 340 g/mol. The highest BCUT2D eigenvalue weighted by molar-refractivity contribution is 7.09. The molecule has 1 aromatic carbocycles. The lowest BCUT2D eigenvalue weighted by Crippen LogP contribution is -2.13. The highest BCUT2D eigenvalue weighted by atomic mass is 32.1. The van der Waals surface area contributed by atoms with Gasteiger partial charge >= 0.3 is 0 Å². The van der Waals surface area contributed by atoms with Crippen molar-refractivity contribution in [3.05, 3.63) is 80.7 Å². The van der Waals surface area contributed by atoms with Crippen molar-refractivity contribution in [2.24, 2.45) is 0 Å². The number of nitro benzene ring substituents is 1. The molecule has 2 heterocycles. The summed E-state index contributed by atoms with van der Waals surface area (Å²) in [6.45, 7) is 0.578. The maximum atomic E-state index is 12.1. The van der Waals surface area contributed by atoms with Crippen LogP contribution in [0.25, 0.3) is 6.08 Å². The first kappa shape index (κ1) is 16.6. The fraction of sp³-hybridized carbons (Fsp3) is 0.0588. The molecule has 0 spiro atoms. The van der Waals surface area contributed by atoms with Crippen LogP contribution in [0.2, 0.25) is 0 Å². The molecule has 3 rings (SSSR count). The van der Waals surface area contributed by atoms with E-state index < -0.39 is 4.92 Å². The maximum absolute atomic E-state index is 12.1. The van der Waals surface area contributed by atoms with Gasteiger partial charge in [0.2, 0.25) is 5.91 Å². The minimum atomic E-state index is -0.472. The number of non-ortho nitro benzene ring substituents is 1. The van der Waals surface area contributed by atoms with Crippen molar-refractivity contribution in [1.82, 2.24) is 9.78 Å². The Labute approximate surface area is 147 Å². The van der Waals surface area contributed by atoms with E-state index >= 15 is 0 Å². The van der Waals surface area contributed by atoms with Gasteiger partial charge in [0, 0.05) is 29.2 Å². The molecule has 0 fully saturated rings. The minimum Gasteiger partial charge on any atom is -0.307 e. The minimum absolute atomic E-state index is 0.0171. The van der Waals surface area contributed by atoms with Crippen LogP contribution in [0.5, 0.6) is 0 Å². The molecule has 7 nitrogen and oxygen atoms in total. The van der Waals surface area contributed by atoms with Crippen molar-refractivity contribution in [1.29, 1.82) is 0 Å². The van der Waals surface area contributed by atoms with Gasteiger partial charge in [0.05, 0.1) is 17.7 Å². The first-order chi connectivity index (χ1) is 12.1. The summed E-state index contributed by atoms with van der Waals surface area (Å²) in [6, 6.07) is 11.8. The summed E-state index contributed by atoms with van der Waals surface area (Å²) in [7, 11) is 0. The summed E-state index contributed by atoms with van der Waals surface area (Å²) in [4.78, 5) is 23.5. The molecule has 1 amide bonds. The Morgan fingerprint density at radius 1 is 1.32 bits per heavy atom. The number of hydrogen-bond acceptors (Lipinski definition) is 5. The van der Waals surface area contributed by atoms with Crippen LogP contribution >= 0.6 is 11.3 Å². The second-order valence-corrected chi connectivity index (χ2v) is 6.16. The van der Waals surface area contributed by atoms with Gasteiger partial charge in [0.15, 0.2) is 0 Å². The van der Waals surface area contributed by atoms with E-state index in [1.807, 2.05) is 17.5 Å². The van der Waals surface area contributed by atoms with E-state index in [9.17, 15) is 14.9 Å². The molecule has 25 heavy (non-hydrogen) atoms. The van der Waals surface area contributed by atoms with Crippen LogP contribution in [-0.4, -0.2) is 20.6 Å². The van der Waals surface area contributed by atoms with E-state index in [2.05, 4.69) is 10.4 Å². The van der Waals surface area contributed by atoms with Crippen LogP contribution < -0.4 is 5.32 Å². The van der Waals surface area contributed by atoms with E-state index in [1.165, 1.54) is 24.3 Å². The molecule has 1 N–H and O–H groups in total. The zero-order valence-corrected chi connectivity index (χ0v) is 13.8. The quantitative estimate of drug-likeness (QED) is 0.416. The van der Waals surface area contributed by atoms with Crippen molar-refractivity contribution in [3.63, 3.8) is 0 Å². The standard InChI is InChI=1S/C17H14N4O3S/c22-17(7-6-13-3-1-4-14(11-13)21(23)24)19-16-8-9-18-20(16)12-15-5-2-10-25-15/h1-11H,12H2,(H,19,22)/b7-6+. The second kappa shape index (κ2) is 7.54. The zero-order valence-electron chi connectivity index (χ0n) is 13.0. The number of nitro groups is 1. The Kier molecular flexibility index (Phi) is 5.00. The van der Waals surface area contributed by atoms with Gasteiger partial charge in [0.25, 0.3) is 5.69 Å². The average Bonchev–Trinajstić information content (AvgIpc) is 3.26. The van der Waals surface area contributed by atoms with Crippen LogP contribution in [0.15, 0.2) is 60.1 Å². The zero-order chi connectivity index (χ0) is 17.6. The second-order valence-electron chi connectivity index (χ2n) is 5.13. The van der Waals surface area contributed by atoms with E-state index in [1.54, 1.807) is 40.4 Å². The summed E-state index contributed by atoms with van der Waals surface area (Å²) < 4.78 is 1.70. The van der Waals surface area contributed by atoms with Crippen LogP contribution in [0.3, 0.4) is 0 Å². The van der Waals surface area contributed by atoms with Crippen LogP contribution in [-0.2, 0) is 11.3 Å². The molecule has 126 valence electrons. The number of hydrogen-bond donors (Lipinski definition) is 1. The summed E-state index contributed by atoms with van der Waals surface area (Å²) in [5.74, 6) is 0.251. The van der Waals surface area contributed by atoms with Gasteiger partial charge in [-0.3, -0.25) is 14.9 Å². The van der Waals surface area contributed by atoms with Gasteiger partial charge in [-0.05, 0) is 23.1 Å². The summed E-state index contributed by atoms with van der Waals surface area (Å²) >= 11 is 1.62. The fourth-order valence-corrected chi connectivity index (χ4v) is 2.88. The van der Waals surface area contributed by atoms with Crippen LogP contribution in [0.1, 0.15) is 10.4 Å². The molecule has 0 saturated carbocycles. The molecule has 0 saturated heterocycles. The Bertz CT molecular complexity index is 916. The number of nitrogens with one attached hydrogen (secondary N) is 1. The average molecular weight is 354 g/mol. The van der Waals surface area contributed by atoms with Crippen molar-refractivity contribution in [3.8, 4) is 0 Å². The van der Waals surface area contributed by atoms with Gasteiger partial charge in [-0.1, -0.05) is 18.2 Å². The molecule has 8 heteroatoms. The number of nitrogens with zero attached hydrogens (tertiary/aromatic N) is 3. The van der Waals surface area contributed by atoms with Gasteiger partial charge in [-0.15, -0.1) is 11.3 Å². The number of benzene rings is 1. The molecule has 0 bridgehead atoms.